The smallest absolute Gasteiger partial charge is 0.245 e. The normalized spacial score (nSPS) is 15.6. The average Bonchev–Trinajstić information content (AvgIpc) is 3.01. The average molecular weight is 615 g/mol. The van der Waals surface area contributed by atoms with Gasteiger partial charge in [-0.05, 0) is 49.9 Å². The highest BCUT2D eigenvalue weighted by atomic mass is 19.1. The minimum atomic E-state index is -0.641. The number of piperidine rings is 1. The number of hydrogen-bond donors (Lipinski definition) is 3. The third-order valence-electron chi connectivity index (χ3n) is 7.83. The molecule has 3 aromatic rings. The van der Waals surface area contributed by atoms with Gasteiger partial charge >= 0.3 is 0 Å². The summed E-state index contributed by atoms with van der Waals surface area (Å²) in [5.74, 6) is 0.641. The van der Waals surface area contributed by atoms with Gasteiger partial charge in [-0.3, -0.25) is 14.6 Å². The number of ether oxygens (including phenoxy) is 2. The zero-order valence-corrected chi connectivity index (χ0v) is 24.9. The number of nitrogens with zero attached hydrogens (tertiary/aromatic N) is 5. The van der Waals surface area contributed by atoms with Gasteiger partial charge < -0.3 is 36.1 Å². The molecule has 1 aromatic heterocycles. The van der Waals surface area contributed by atoms with E-state index in [1.807, 2.05) is 4.90 Å². The van der Waals surface area contributed by atoms with Gasteiger partial charge in [0.2, 0.25) is 11.8 Å². The Kier molecular flexibility index (Phi) is 9.26. The fourth-order valence-corrected chi connectivity index (χ4v) is 5.23. The number of halogens is 1. The van der Waals surface area contributed by atoms with Crippen LogP contribution in [0.15, 0.2) is 71.3 Å². The van der Waals surface area contributed by atoms with Crippen LogP contribution >= 0.6 is 0 Å². The molecule has 0 atom stereocenters. The number of nitrogens with two attached hydrogens (primary N) is 2. The largest absolute Gasteiger partial charge is 0.495 e. The molecule has 2 saturated heterocycles. The first-order valence-corrected chi connectivity index (χ1v) is 14.4. The molecule has 0 saturated carbocycles. The highest BCUT2D eigenvalue weighted by molar-refractivity contribution is 6.04. The van der Waals surface area contributed by atoms with E-state index in [4.69, 9.17) is 20.9 Å². The lowest BCUT2D eigenvalue weighted by Gasteiger charge is -2.38. The SMILES string of the molecule is C=CC(=O)N1CCC(Nc2cc(C(N)=Nc3ccc(Oc4ccnc(N5CC(C(N)=O)C5)c4)cc3F)c(N=C)cc2OC)CC1. The zero-order valence-electron chi connectivity index (χ0n) is 24.9. The van der Waals surface area contributed by atoms with Crippen molar-refractivity contribution in [1.29, 1.82) is 0 Å². The van der Waals surface area contributed by atoms with Crippen LogP contribution in [0.5, 0.6) is 17.2 Å². The fourth-order valence-electron chi connectivity index (χ4n) is 5.23. The number of anilines is 2. The number of rotatable bonds is 11. The summed E-state index contributed by atoms with van der Waals surface area (Å²) >= 11 is 0. The Hall–Kier alpha value is -5.46. The molecule has 2 aliphatic rings. The maximum atomic E-state index is 15.2. The zero-order chi connectivity index (χ0) is 32.1. The van der Waals surface area contributed by atoms with Crippen LogP contribution in [0.4, 0.5) is 27.3 Å². The summed E-state index contributed by atoms with van der Waals surface area (Å²) in [6.45, 7) is 9.38. The summed E-state index contributed by atoms with van der Waals surface area (Å²) in [5.41, 5.74) is 13.3. The molecule has 234 valence electrons. The van der Waals surface area contributed by atoms with Gasteiger partial charge in [0.25, 0.3) is 0 Å². The van der Waals surface area contributed by atoms with Crippen molar-refractivity contribution in [3.63, 3.8) is 0 Å². The van der Waals surface area contributed by atoms with Crippen molar-refractivity contribution in [2.24, 2.45) is 27.4 Å². The molecule has 5 N–H and O–H groups in total. The minimum Gasteiger partial charge on any atom is -0.495 e. The van der Waals surface area contributed by atoms with Gasteiger partial charge in [-0.25, -0.2) is 14.4 Å². The van der Waals surface area contributed by atoms with E-state index in [0.717, 1.165) is 12.8 Å². The molecule has 5 rings (SSSR count). The van der Waals surface area contributed by atoms with Crippen LogP contribution in [0, 0.1) is 11.7 Å². The number of nitrogens with one attached hydrogen (secondary N) is 1. The Balaban J connectivity index is 1.31. The van der Waals surface area contributed by atoms with Gasteiger partial charge in [0.05, 0.1) is 24.4 Å². The molecule has 2 aliphatic heterocycles. The molecule has 13 heteroatoms. The van der Waals surface area contributed by atoms with Crippen molar-refractivity contribution in [1.82, 2.24) is 9.88 Å². The number of hydrogen-bond acceptors (Lipinski definition) is 9. The predicted molar refractivity (Wildman–Crippen MR) is 172 cm³/mol. The minimum absolute atomic E-state index is 0.00735. The van der Waals surface area contributed by atoms with Crippen molar-refractivity contribution in [2.75, 3.05) is 43.5 Å². The van der Waals surface area contributed by atoms with Crippen LogP contribution < -0.4 is 31.2 Å². The number of amides is 2. The van der Waals surface area contributed by atoms with E-state index in [-0.39, 0.29) is 41.0 Å². The number of amidine groups is 1. The maximum Gasteiger partial charge on any atom is 0.245 e. The van der Waals surface area contributed by atoms with Crippen molar-refractivity contribution < 1.29 is 23.5 Å². The van der Waals surface area contributed by atoms with Crippen molar-refractivity contribution in [3.8, 4) is 17.2 Å². The first kappa shape index (κ1) is 31.0. The molecule has 12 nitrogen and oxygen atoms in total. The molecule has 2 amide bonds. The number of carbonyl (C=O) groups excluding carboxylic acids is 2. The summed E-state index contributed by atoms with van der Waals surface area (Å²) in [7, 11) is 1.55. The Morgan fingerprint density at radius 1 is 1.09 bits per heavy atom. The number of benzene rings is 2. The molecule has 2 aromatic carbocycles. The van der Waals surface area contributed by atoms with E-state index < -0.39 is 5.82 Å². The lowest BCUT2D eigenvalue weighted by Crippen LogP contribution is -2.52. The predicted octanol–water partition coefficient (Wildman–Crippen LogP) is 3.90. The second kappa shape index (κ2) is 13.5. The molecule has 3 heterocycles. The number of carbonyl (C=O) groups is 2. The summed E-state index contributed by atoms with van der Waals surface area (Å²) < 4.78 is 26.7. The molecule has 0 spiro atoms. The number of aromatic nitrogens is 1. The first-order valence-electron chi connectivity index (χ1n) is 14.4. The molecule has 2 fully saturated rings. The summed E-state index contributed by atoms with van der Waals surface area (Å²) in [6, 6.07) is 11.2. The van der Waals surface area contributed by atoms with Crippen LogP contribution in [0.25, 0.3) is 0 Å². The fraction of sp³-hybridized carbons (Fsp3) is 0.281. The molecular weight excluding hydrogens is 579 g/mol. The summed E-state index contributed by atoms with van der Waals surface area (Å²) in [6.07, 6.45) is 4.37. The van der Waals surface area contributed by atoms with Gasteiger partial charge in [0.1, 0.15) is 34.6 Å². The number of primary amides is 1. The van der Waals surface area contributed by atoms with E-state index in [0.29, 0.717) is 60.4 Å². The van der Waals surface area contributed by atoms with E-state index >= 15 is 4.39 Å². The van der Waals surface area contributed by atoms with Gasteiger partial charge in [-0.2, -0.15) is 0 Å². The second-order valence-electron chi connectivity index (χ2n) is 10.7. The van der Waals surface area contributed by atoms with Gasteiger partial charge in [0.15, 0.2) is 5.82 Å². The van der Waals surface area contributed by atoms with Gasteiger partial charge in [0, 0.05) is 62.2 Å². The molecule has 0 aliphatic carbocycles. The third kappa shape index (κ3) is 7.03. The van der Waals surface area contributed by atoms with Crippen LogP contribution in [0.3, 0.4) is 0 Å². The monoisotopic (exact) mass is 614 g/mol. The van der Waals surface area contributed by atoms with E-state index in [1.165, 1.54) is 18.2 Å². The number of pyridine rings is 1. The second-order valence-corrected chi connectivity index (χ2v) is 10.7. The Bertz CT molecular complexity index is 1650. The molecule has 0 unspecified atom stereocenters. The molecular formula is C32H35FN8O4. The first-order chi connectivity index (χ1) is 21.7. The summed E-state index contributed by atoms with van der Waals surface area (Å²) in [4.78, 5) is 39.7. The highest BCUT2D eigenvalue weighted by Gasteiger charge is 2.32. The van der Waals surface area contributed by atoms with Crippen LogP contribution in [-0.4, -0.2) is 73.6 Å². The van der Waals surface area contributed by atoms with Crippen LogP contribution in [0.1, 0.15) is 18.4 Å². The van der Waals surface area contributed by atoms with Crippen molar-refractivity contribution >= 4 is 47.2 Å². The molecule has 0 bridgehead atoms. The Morgan fingerprint density at radius 2 is 1.82 bits per heavy atom. The Morgan fingerprint density at radius 3 is 2.47 bits per heavy atom. The van der Waals surface area contributed by atoms with Crippen molar-refractivity contribution in [3.05, 3.63) is 72.7 Å². The highest BCUT2D eigenvalue weighted by Crippen LogP contribution is 2.36. The Labute approximate surface area is 260 Å². The topological polar surface area (TPSA) is 161 Å². The number of methoxy groups -OCH3 is 1. The van der Waals surface area contributed by atoms with Crippen LogP contribution in [-0.2, 0) is 9.59 Å². The van der Waals surface area contributed by atoms with E-state index in [9.17, 15) is 9.59 Å². The third-order valence-corrected chi connectivity index (χ3v) is 7.83. The van der Waals surface area contributed by atoms with Gasteiger partial charge in [-0.1, -0.05) is 6.58 Å². The molecule has 0 radical (unpaired) electrons. The standard InChI is InChI=1S/C32H35FN8O4/c1-4-30(42)40-11-8-20(9-12-40)38-27-15-23(26(36-2)16-28(27)44-3)31(34)39-25-6-5-21(13-24(25)33)45-22-7-10-37-29(14-22)41-17-19(18-41)32(35)43/h4-7,10,13-16,19-20,38H,1-2,8-9,11-12,17-18H2,3H3,(H2,34,39)(H2,35,43). The van der Waals surface area contributed by atoms with E-state index in [2.05, 4.69) is 33.6 Å². The van der Waals surface area contributed by atoms with Crippen LogP contribution in [0.2, 0.25) is 0 Å². The number of likely N-dealkylation sites (tertiary alicyclic amines) is 1. The lowest BCUT2D eigenvalue weighted by molar-refractivity contribution is -0.127. The quantitative estimate of drug-likeness (QED) is 0.167. The summed E-state index contributed by atoms with van der Waals surface area (Å²) in [5, 5.41) is 3.48. The lowest BCUT2D eigenvalue weighted by atomic mass is 10.00. The maximum absolute atomic E-state index is 15.2. The van der Waals surface area contributed by atoms with Crippen molar-refractivity contribution in [2.45, 2.75) is 18.9 Å². The van der Waals surface area contributed by atoms with E-state index in [1.54, 1.807) is 48.5 Å². The van der Waals surface area contributed by atoms with Gasteiger partial charge in [-0.15, -0.1) is 0 Å². The molecule has 45 heavy (non-hydrogen) atoms. The number of aliphatic imine (C=N–C) groups is 2.